The van der Waals surface area contributed by atoms with E-state index in [0.29, 0.717) is 64.6 Å². The van der Waals surface area contributed by atoms with E-state index in [4.69, 9.17) is 33.2 Å². The lowest BCUT2D eigenvalue weighted by molar-refractivity contribution is -0.186. The van der Waals surface area contributed by atoms with E-state index < -0.39 is 65.0 Å². The maximum atomic E-state index is 15.2. The molecule has 12 rings (SSSR count). The highest BCUT2D eigenvalue weighted by Crippen LogP contribution is 2.64. The van der Waals surface area contributed by atoms with Crippen molar-refractivity contribution in [2.45, 2.75) is 80.7 Å². The standard InChI is InChI=1S/C55H55N3O12S/c1-28-21-34-22-36-52(61)58-37-25-66-54(63)55(35-24-38(64-5)39(23-33(35)19-20-56-55)69-40(59)18-17-31-13-9-7-10-14-31)26-71-51(43-42(37)49-48(67-27-68-49)30(3)46(43)60)45(58)44(57(36)4)41(34)50(47(28)65-6)70-53(62)29(2)32-15-11-8-12-16-32/h7-18,21,23-24,29,36-37,44-45,51-52,56,60-61H,19-20,22,25-27H2,1-6H3/b18-17+/t29?,36-,37-,44+,45?,51+,52-,55+/m0/s1. The van der Waals surface area contributed by atoms with Crippen LogP contribution in [0.2, 0.25) is 0 Å². The Kier molecular flexibility index (Phi) is 12.0. The molecule has 71 heavy (non-hydrogen) atoms. The number of fused-ring (bicyclic) bond motifs is 9. The van der Waals surface area contributed by atoms with Crippen LogP contribution in [0.25, 0.3) is 6.08 Å². The maximum absolute atomic E-state index is 15.2. The average molecular weight is 982 g/mol. The monoisotopic (exact) mass is 981 g/mol. The number of rotatable bonds is 8. The number of ether oxygens (including phenoxy) is 7. The van der Waals surface area contributed by atoms with E-state index in [1.165, 1.54) is 24.9 Å². The number of nitrogens with zero attached hydrogens (tertiary/aromatic N) is 2. The quantitative estimate of drug-likeness (QED) is 0.0815. The molecule has 3 N–H and O–H groups in total. The summed E-state index contributed by atoms with van der Waals surface area (Å²) in [5.74, 6) is -0.107. The molecule has 15 nitrogen and oxygen atoms in total. The van der Waals surface area contributed by atoms with Crippen molar-refractivity contribution in [3.05, 3.63) is 141 Å². The van der Waals surface area contributed by atoms with Gasteiger partial charge in [0.25, 0.3) is 0 Å². The molecule has 368 valence electrons. The molecule has 1 spiro atoms. The molecule has 2 unspecified atom stereocenters. The van der Waals surface area contributed by atoms with Crippen LogP contribution < -0.4 is 33.7 Å². The van der Waals surface area contributed by atoms with Crippen LogP contribution in [0.5, 0.6) is 40.2 Å². The third-order valence-electron chi connectivity index (χ3n) is 15.3. The number of carbonyl (C=O) groups is 3. The zero-order valence-electron chi connectivity index (χ0n) is 40.2. The fourth-order valence-electron chi connectivity index (χ4n) is 11.8. The summed E-state index contributed by atoms with van der Waals surface area (Å²) in [7, 11) is 5.02. The number of phenolic OH excluding ortho intramolecular Hbond substituents is 1. The number of thioether (sulfide) groups is 1. The number of piperazine rings is 1. The first-order chi connectivity index (χ1) is 34.3. The van der Waals surface area contributed by atoms with E-state index in [2.05, 4.69) is 16.3 Å². The van der Waals surface area contributed by atoms with Crippen molar-refractivity contribution in [2.24, 2.45) is 0 Å². The third-order valence-corrected chi connectivity index (χ3v) is 16.8. The Bertz CT molecular complexity index is 3000. The van der Waals surface area contributed by atoms with Gasteiger partial charge < -0.3 is 43.4 Å². The molecule has 0 aliphatic carbocycles. The Morgan fingerprint density at radius 3 is 2.39 bits per heavy atom. The van der Waals surface area contributed by atoms with Crippen LogP contribution in [0.3, 0.4) is 0 Å². The Morgan fingerprint density at radius 1 is 0.901 bits per heavy atom. The second-order valence-corrected chi connectivity index (χ2v) is 20.2. The number of benzene rings is 5. The van der Waals surface area contributed by atoms with E-state index in [1.54, 1.807) is 32.2 Å². The largest absolute Gasteiger partial charge is 0.507 e. The highest BCUT2D eigenvalue weighted by Gasteiger charge is 2.61. The van der Waals surface area contributed by atoms with Gasteiger partial charge in [0.2, 0.25) is 6.79 Å². The van der Waals surface area contributed by atoms with Gasteiger partial charge in [-0.3, -0.25) is 19.9 Å². The summed E-state index contributed by atoms with van der Waals surface area (Å²) >= 11 is 1.44. The summed E-state index contributed by atoms with van der Waals surface area (Å²) in [6.45, 7) is 5.60. The Hall–Kier alpha value is -6.56. The highest BCUT2D eigenvalue weighted by atomic mass is 32.2. The van der Waals surface area contributed by atoms with Crippen LogP contribution in [-0.2, 0) is 37.5 Å². The first kappa shape index (κ1) is 46.8. The number of aryl methyl sites for hydroxylation is 1. The van der Waals surface area contributed by atoms with Crippen molar-refractivity contribution < 1.29 is 57.8 Å². The molecule has 2 fully saturated rings. The zero-order chi connectivity index (χ0) is 49.5. The lowest BCUT2D eigenvalue weighted by Crippen LogP contribution is -2.70. The predicted molar refractivity (Wildman–Crippen MR) is 263 cm³/mol. The third kappa shape index (κ3) is 7.52. The molecule has 0 amide bonds. The number of hydrogen-bond donors (Lipinski definition) is 3. The molecule has 7 aliphatic rings. The number of aromatic hydroxyl groups is 1. The van der Waals surface area contributed by atoms with E-state index in [-0.39, 0.29) is 36.4 Å². The van der Waals surface area contributed by atoms with Crippen molar-refractivity contribution in [3.8, 4) is 40.2 Å². The van der Waals surface area contributed by atoms with Crippen LogP contribution in [-0.4, -0.2) is 103 Å². The van der Waals surface area contributed by atoms with Crippen LogP contribution >= 0.6 is 11.8 Å². The number of nitrogens with one attached hydrogen (secondary N) is 1. The summed E-state index contributed by atoms with van der Waals surface area (Å²) < 4.78 is 43.2. The lowest BCUT2D eigenvalue weighted by Gasteiger charge is -2.62. The van der Waals surface area contributed by atoms with E-state index in [0.717, 1.165) is 33.4 Å². The SMILES string of the molecule is COc1cc2c(cc1OC(=O)/C=C/c1ccccc1)CCN[C@]21CS[C@@H]2c3c(O)c(C)c4c(c3[C@H](COC1=O)N1C2[C@H]2c3c(cc(C)c(OC)c3OC(=O)C(C)c3ccccc3)C[C@@H]([C@@H]1O)N2C)OCO4. The normalized spacial score (nSPS) is 25.6. The van der Waals surface area contributed by atoms with Gasteiger partial charge >= 0.3 is 17.9 Å². The van der Waals surface area contributed by atoms with Gasteiger partial charge in [0.1, 0.15) is 18.6 Å². The summed E-state index contributed by atoms with van der Waals surface area (Å²) in [5.41, 5.74) is 5.62. The number of phenols is 1. The van der Waals surface area contributed by atoms with E-state index in [1.807, 2.05) is 86.5 Å². The first-order valence-corrected chi connectivity index (χ1v) is 24.9. The Labute approximate surface area is 415 Å². The van der Waals surface area contributed by atoms with Gasteiger partial charge in [0, 0.05) is 46.7 Å². The van der Waals surface area contributed by atoms with Crippen LogP contribution in [0.4, 0.5) is 0 Å². The highest BCUT2D eigenvalue weighted by molar-refractivity contribution is 7.99. The number of aliphatic hydroxyl groups is 1. The molecule has 5 aromatic rings. The molecule has 8 atom stereocenters. The number of likely N-dealkylation sites (N-methyl/N-ethyl adjacent to an activating group) is 1. The topological polar surface area (TPSA) is 175 Å². The Morgan fingerprint density at radius 2 is 1.65 bits per heavy atom. The summed E-state index contributed by atoms with van der Waals surface area (Å²) in [6.07, 6.45) is 2.83. The van der Waals surface area contributed by atoms with Crippen molar-refractivity contribution in [1.82, 2.24) is 15.1 Å². The van der Waals surface area contributed by atoms with Gasteiger partial charge in [0.15, 0.2) is 40.0 Å². The van der Waals surface area contributed by atoms with Crippen molar-refractivity contribution in [2.75, 3.05) is 47.0 Å². The van der Waals surface area contributed by atoms with E-state index in [9.17, 15) is 19.8 Å². The molecule has 4 bridgehead atoms. The predicted octanol–water partition coefficient (Wildman–Crippen LogP) is 7.11. The van der Waals surface area contributed by atoms with Gasteiger partial charge in [0.05, 0.1) is 43.5 Å². The maximum Gasteiger partial charge on any atom is 0.336 e. The van der Waals surface area contributed by atoms with Crippen LogP contribution in [0.1, 0.15) is 85.8 Å². The minimum absolute atomic E-state index is 0.0129. The van der Waals surface area contributed by atoms with Crippen molar-refractivity contribution >= 4 is 35.7 Å². The number of hydrogen-bond acceptors (Lipinski definition) is 16. The summed E-state index contributed by atoms with van der Waals surface area (Å²) in [5, 5.41) is 28.4. The summed E-state index contributed by atoms with van der Waals surface area (Å²) in [4.78, 5) is 46.9. The van der Waals surface area contributed by atoms with Crippen LogP contribution in [0.15, 0.2) is 84.9 Å². The smallest absolute Gasteiger partial charge is 0.336 e. The number of esters is 3. The average Bonchev–Trinajstić information content (AvgIpc) is 3.88. The first-order valence-electron chi connectivity index (χ1n) is 23.8. The second kappa shape index (κ2) is 18.2. The van der Waals surface area contributed by atoms with Gasteiger partial charge in [-0.2, -0.15) is 0 Å². The molecule has 2 saturated heterocycles. The number of methoxy groups -OCH3 is 2. The minimum Gasteiger partial charge on any atom is -0.507 e. The second-order valence-electron chi connectivity index (χ2n) is 19.0. The van der Waals surface area contributed by atoms with Crippen molar-refractivity contribution in [1.29, 1.82) is 0 Å². The molecule has 7 aliphatic heterocycles. The molecular weight excluding hydrogens is 927 g/mol. The van der Waals surface area contributed by atoms with Crippen molar-refractivity contribution in [3.63, 3.8) is 0 Å². The van der Waals surface area contributed by atoms with Gasteiger partial charge in [-0.25, -0.2) is 9.59 Å². The fraction of sp³-hybridized carbons (Fsp3) is 0.364. The minimum atomic E-state index is -1.45. The zero-order valence-corrected chi connectivity index (χ0v) is 41.0. The van der Waals surface area contributed by atoms with Gasteiger partial charge in [-0.1, -0.05) is 66.7 Å². The molecule has 0 aromatic heterocycles. The Balaban J connectivity index is 1.05. The van der Waals surface area contributed by atoms with Gasteiger partial charge in [-0.05, 0) is 92.2 Å². The molecule has 0 saturated carbocycles. The molecule has 16 heteroatoms. The molecule has 5 aromatic carbocycles. The lowest BCUT2D eigenvalue weighted by atomic mass is 9.73. The summed E-state index contributed by atoms with van der Waals surface area (Å²) in [6, 6.07) is 21.9. The van der Waals surface area contributed by atoms with Crippen LogP contribution in [0, 0.1) is 13.8 Å². The number of aliphatic hydroxyl groups excluding tert-OH is 1. The number of carbonyl (C=O) groups excluding carboxylic acids is 3. The van der Waals surface area contributed by atoms with E-state index >= 15 is 4.79 Å². The fourth-order valence-corrected chi connectivity index (χ4v) is 13.5. The molecular formula is C55H55N3O12S. The molecule has 7 heterocycles. The van der Waals surface area contributed by atoms with Gasteiger partial charge in [-0.15, -0.1) is 11.8 Å². The molecule has 0 radical (unpaired) electrons.